The number of nitrogens with zero attached hydrogens (tertiary/aromatic N) is 8. The molecule has 0 unspecified atom stereocenters. The first kappa shape index (κ1) is 28.2. The van der Waals surface area contributed by atoms with E-state index in [4.69, 9.17) is 24.2 Å². The van der Waals surface area contributed by atoms with Crippen LogP contribution in [-0.2, 0) is 36.2 Å². The zero-order valence-electron chi connectivity index (χ0n) is 25.2. The molecule has 2 aromatic carbocycles. The first-order chi connectivity index (χ1) is 21.4. The molecule has 0 bridgehead atoms. The lowest BCUT2D eigenvalue weighted by Gasteiger charge is -2.40. The molecular weight excluding hydrogens is 560 g/mol. The Labute approximate surface area is 255 Å². The number of anilines is 1. The Kier molecular flexibility index (Phi) is 7.61. The van der Waals surface area contributed by atoms with Crippen LogP contribution in [0.1, 0.15) is 35.1 Å². The number of hydrogen-bond acceptors (Lipinski definition) is 10. The van der Waals surface area contributed by atoms with E-state index in [0.717, 1.165) is 71.8 Å². The lowest BCUT2D eigenvalue weighted by Crippen LogP contribution is -2.52. The Bertz CT molecular complexity index is 1810. The van der Waals surface area contributed by atoms with Gasteiger partial charge in [0, 0.05) is 50.9 Å². The van der Waals surface area contributed by atoms with Crippen molar-refractivity contribution in [1.29, 1.82) is 0 Å². The van der Waals surface area contributed by atoms with Gasteiger partial charge in [-0.1, -0.05) is 12.1 Å². The van der Waals surface area contributed by atoms with Gasteiger partial charge in [-0.2, -0.15) is 10.1 Å². The molecule has 5 aromatic rings. The number of aryl methyl sites for hydroxylation is 1. The fourth-order valence-corrected chi connectivity index (χ4v) is 6.00. The largest absolute Gasteiger partial charge is 0.465 e. The van der Waals surface area contributed by atoms with E-state index >= 15 is 0 Å². The standard InChI is InChI=1S/C32H36N8O4/c1-21-17-39(29-8-10-33-32(36-29)44-20-22-4-5-24-16-34-37(2)27(24)14-22)12-11-38(21)19-30-35-26-7-6-23(31(41)42-3)15-28(26)40(30)18-25-9-13-43-25/h4-8,10,14-16,21,25H,9,11-13,17-20H2,1-3H3/t21-,25-/m0/s1. The molecule has 0 amide bonds. The van der Waals surface area contributed by atoms with Gasteiger partial charge in [-0.25, -0.2) is 14.8 Å². The fraction of sp³-hybridized carbons (Fsp3) is 0.406. The predicted molar refractivity (Wildman–Crippen MR) is 165 cm³/mol. The first-order valence-corrected chi connectivity index (χ1v) is 15.0. The van der Waals surface area contributed by atoms with Gasteiger partial charge in [0.2, 0.25) is 0 Å². The van der Waals surface area contributed by atoms with Gasteiger partial charge < -0.3 is 23.7 Å². The summed E-state index contributed by atoms with van der Waals surface area (Å²) in [6, 6.07) is 14.3. The van der Waals surface area contributed by atoms with Crippen LogP contribution in [0.15, 0.2) is 54.9 Å². The van der Waals surface area contributed by atoms with Crippen LogP contribution in [0.2, 0.25) is 0 Å². The zero-order valence-corrected chi connectivity index (χ0v) is 25.2. The average molecular weight is 597 g/mol. The highest BCUT2D eigenvalue weighted by atomic mass is 16.5. The topological polar surface area (TPSA) is 113 Å². The van der Waals surface area contributed by atoms with Gasteiger partial charge in [0.15, 0.2) is 0 Å². The summed E-state index contributed by atoms with van der Waals surface area (Å²) in [6.45, 7) is 7.29. The molecule has 0 saturated carbocycles. The lowest BCUT2D eigenvalue weighted by molar-refractivity contribution is -0.0592. The Morgan fingerprint density at radius 2 is 1.98 bits per heavy atom. The van der Waals surface area contributed by atoms with Gasteiger partial charge in [-0.15, -0.1) is 0 Å². The van der Waals surface area contributed by atoms with Crippen LogP contribution in [0.5, 0.6) is 6.01 Å². The highest BCUT2D eigenvalue weighted by Crippen LogP contribution is 2.26. The van der Waals surface area contributed by atoms with Crippen LogP contribution < -0.4 is 9.64 Å². The number of ether oxygens (including phenoxy) is 3. The minimum atomic E-state index is -0.352. The average Bonchev–Trinajstić information content (AvgIpc) is 3.57. The SMILES string of the molecule is COC(=O)c1ccc2nc(CN3CCN(c4ccnc(OCc5ccc6cnn(C)c6c5)n4)C[C@@H]3C)n(C[C@@H]3CCO3)c2c1. The number of imidazole rings is 1. The molecule has 2 fully saturated rings. The van der Waals surface area contributed by atoms with Crippen LogP contribution in [-0.4, -0.2) is 85.7 Å². The molecule has 12 heteroatoms. The van der Waals surface area contributed by atoms with E-state index < -0.39 is 0 Å². The minimum Gasteiger partial charge on any atom is -0.465 e. The summed E-state index contributed by atoms with van der Waals surface area (Å²) in [6.07, 6.45) is 4.80. The number of benzene rings is 2. The number of methoxy groups -OCH3 is 1. The summed E-state index contributed by atoms with van der Waals surface area (Å²) in [5.41, 5.74) is 4.41. The maximum Gasteiger partial charge on any atom is 0.337 e. The van der Waals surface area contributed by atoms with Crippen molar-refractivity contribution in [3.63, 3.8) is 0 Å². The number of esters is 1. The van der Waals surface area contributed by atoms with E-state index in [2.05, 4.69) is 43.5 Å². The van der Waals surface area contributed by atoms with Gasteiger partial charge in [-0.3, -0.25) is 9.58 Å². The minimum absolute atomic E-state index is 0.162. The van der Waals surface area contributed by atoms with Crippen LogP contribution >= 0.6 is 0 Å². The molecule has 2 atom stereocenters. The van der Waals surface area contributed by atoms with Crippen molar-refractivity contribution >= 4 is 33.7 Å². The number of hydrogen-bond donors (Lipinski definition) is 0. The van der Waals surface area contributed by atoms with Gasteiger partial charge >= 0.3 is 12.0 Å². The van der Waals surface area contributed by atoms with Gasteiger partial charge in [0.25, 0.3) is 0 Å². The molecule has 0 spiro atoms. The summed E-state index contributed by atoms with van der Waals surface area (Å²) in [5, 5.41) is 5.41. The monoisotopic (exact) mass is 596 g/mol. The van der Waals surface area contributed by atoms with E-state index in [1.165, 1.54) is 7.11 Å². The van der Waals surface area contributed by atoms with Crippen LogP contribution in [0.25, 0.3) is 21.9 Å². The van der Waals surface area contributed by atoms with Crippen molar-refractivity contribution in [2.75, 3.05) is 38.3 Å². The Morgan fingerprint density at radius 3 is 2.77 bits per heavy atom. The second kappa shape index (κ2) is 11.9. The number of fused-ring (bicyclic) bond motifs is 2. The van der Waals surface area contributed by atoms with Gasteiger partial charge in [0.05, 0.1) is 54.6 Å². The number of piperazine rings is 1. The molecule has 2 aliphatic heterocycles. The second-order valence-corrected chi connectivity index (χ2v) is 11.5. The summed E-state index contributed by atoms with van der Waals surface area (Å²) in [5.74, 6) is 1.48. The molecule has 3 aromatic heterocycles. The molecule has 2 saturated heterocycles. The Balaban J connectivity index is 1.03. The Morgan fingerprint density at radius 1 is 1.09 bits per heavy atom. The van der Waals surface area contributed by atoms with Crippen molar-refractivity contribution in [2.45, 2.75) is 45.2 Å². The fourth-order valence-electron chi connectivity index (χ4n) is 6.00. The molecule has 0 N–H and O–H groups in total. The Hall–Kier alpha value is -4.55. The summed E-state index contributed by atoms with van der Waals surface area (Å²) in [4.78, 5) is 31.0. The second-order valence-electron chi connectivity index (χ2n) is 11.5. The highest BCUT2D eigenvalue weighted by Gasteiger charge is 2.28. The van der Waals surface area contributed by atoms with Crippen molar-refractivity contribution < 1.29 is 19.0 Å². The van der Waals surface area contributed by atoms with Crippen LogP contribution in [0.3, 0.4) is 0 Å². The molecule has 0 radical (unpaired) electrons. The summed E-state index contributed by atoms with van der Waals surface area (Å²) >= 11 is 0. The molecule has 228 valence electrons. The normalized spacial score (nSPS) is 18.9. The third-order valence-corrected chi connectivity index (χ3v) is 8.66. The number of carbonyl (C=O) groups is 1. The number of carbonyl (C=O) groups excluding carboxylic acids is 1. The third kappa shape index (κ3) is 5.58. The molecule has 0 aliphatic carbocycles. The molecule has 44 heavy (non-hydrogen) atoms. The van der Waals surface area contributed by atoms with E-state index in [1.54, 1.807) is 12.3 Å². The van der Waals surface area contributed by atoms with Crippen LogP contribution in [0.4, 0.5) is 5.82 Å². The zero-order chi connectivity index (χ0) is 30.2. The highest BCUT2D eigenvalue weighted by molar-refractivity contribution is 5.93. The summed E-state index contributed by atoms with van der Waals surface area (Å²) in [7, 11) is 3.33. The molecule has 5 heterocycles. The molecular formula is C32H36N8O4. The molecule has 7 rings (SSSR count). The van der Waals surface area contributed by atoms with Crippen molar-refractivity contribution in [3.8, 4) is 6.01 Å². The van der Waals surface area contributed by atoms with E-state index in [0.29, 0.717) is 31.3 Å². The smallest absolute Gasteiger partial charge is 0.337 e. The van der Waals surface area contributed by atoms with E-state index in [1.807, 2.05) is 42.2 Å². The van der Waals surface area contributed by atoms with Crippen LogP contribution in [0, 0.1) is 0 Å². The molecule has 2 aliphatic rings. The third-order valence-electron chi connectivity index (χ3n) is 8.66. The molecule has 12 nitrogen and oxygen atoms in total. The van der Waals surface area contributed by atoms with Crippen molar-refractivity contribution in [2.24, 2.45) is 7.05 Å². The number of rotatable bonds is 9. The lowest BCUT2D eigenvalue weighted by atomic mass is 10.1. The van der Waals surface area contributed by atoms with Gasteiger partial charge in [0.1, 0.15) is 18.2 Å². The number of aromatic nitrogens is 6. The van der Waals surface area contributed by atoms with Crippen molar-refractivity contribution in [3.05, 3.63) is 71.8 Å². The summed E-state index contributed by atoms with van der Waals surface area (Å²) < 4.78 is 20.8. The predicted octanol–water partition coefficient (Wildman–Crippen LogP) is 3.58. The maximum absolute atomic E-state index is 12.2. The van der Waals surface area contributed by atoms with E-state index in [-0.39, 0.29) is 18.1 Å². The van der Waals surface area contributed by atoms with E-state index in [9.17, 15) is 4.79 Å². The van der Waals surface area contributed by atoms with Gasteiger partial charge in [-0.05, 0) is 49.2 Å². The first-order valence-electron chi connectivity index (χ1n) is 15.0. The maximum atomic E-state index is 12.2. The quantitative estimate of drug-likeness (QED) is 0.234. The van der Waals surface area contributed by atoms with Crippen molar-refractivity contribution in [1.82, 2.24) is 34.2 Å².